The molecule has 0 saturated heterocycles. The number of aromatic nitrogens is 4. The SMILES string of the molecule is CC(Nc1cc(-c2ccc3ccn(C)c3c2)c2nccnc2c1)c1ccncc1. The van der Waals surface area contributed by atoms with Gasteiger partial charge in [-0.15, -0.1) is 0 Å². The van der Waals surface area contributed by atoms with Gasteiger partial charge >= 0.3 is 0 Å². The first-order valence-corrected chi connectivity index (χ1v) is 9.66. The molecule has 1 N–H and O–H groups in total. The van der Waals surface area contributed by atoms with Crippen LogP contribution in [-0.4, -0.2) is 19.5 Å². The van der Waals surface area contributed by atoms with Gasteiger partial charge in [-0.05, 0) is 59.8 Å². The van der Waals surface area contributed by atoms with Gasteiger partial charge in [-0.1, -0.05) is 12.1 Å². The molecule has 3 aromatic heterocycles. The summed E-state index contributed by atoms with van der Waals surface area (Å²) in [6.07, 6.45) is 9.21. The van der Waals surface area contributed by atoms with Crippen LogP contribution in [0.2, 0.25) is 0 Å². The van der Waals surface area contributed by atoms with Gasteiger partial charge in [0.25, 0.3) is 0 Å². The maximum absolute atomic E-state index is 4.62. The van der Waals surface area contributed by atoms with E-state index in [2.05, 4.69) is 81.4 Å². The number of benzene rings is 2. The maximum atomic E-state index is 4.62. The van der Waals surface area contributed by atoms with Crippen molar-refractivity contribution in [2.24, 2.45) is 7.05 Å². The normalized spacial score (nSPS) is 12.3. The summed E-state index contributed by atoms with van der Waals surface area (Å²) in [5.74, 6) is 0. The summed E-state index contributed by atoms with van der Waals surface area (Å²) in [6.45, 7) is 2.14. The first-order chi connectivity index (χ1) is 14.2. The number of aryl methyl sites for hydroxylation is 1. The van der Waals surface area contributed by atoms with E-state index in [4.69, 9.17) is 0 Å². The molecule has 0 saturated carbocycles. The van der Waals surface area contributed by atoms with Gasteiger partial charge in [0.05, 0.1) is 11.0 Å². The Bertz CT molecular complexity index is 1310. The number of fused-ring (bicyclic) bond motifs is 2. The summed E-state index contributed by atoms with van der Waals surface area (Å²) >= 11 is 0. The Labute approximate surface area is 169 Å². The summed E-state index contributed by atoms with van der Waals surface area (Å²) < 4.78 is 2.14. The smallest absolute Gasteiger partial charge is 0.0966 e. The number of hydrogen-bond acceptors (Lipinski definition) is 4. The molecule has 5 heteroatoms. The second-order valence-electron chi connectivity index (χ2n) is 7.29. The van der Waals surface area contributed by atoms with Crippen molar-refractivity contribution in [1.82, 2.24) is 19.5 Å². The van der Waals surface area contributed by atoms with E-state index in [9.17, 15) is 0 Å². The van der Waals surface area contributed by atoms with Gasteiger partial charge in [-0.25, -0.2) is 0 Å². The number of nitrogens with one attached hydrogen (secondary N) is 1. The van der Waals surface area contributed by atoms with Gasteiger partial charge in [0.2, 0.25) is 0 Å². The van der Waals surface area contributed by atoms with Gasteiger partial charge < -0.3 is 9.88 Å². The Balaban J connectivity index is 1.63. The fraction of sp³-hybridized carbons (Fsp3) is 0.125. The van der Waals surface area contributed by atoms with E-state index in [0.717, 1.165) is 27.8 Å². The van der Waals surface area contributed by atoms with E-state index in [0.29, 0.717) is 0 Å². The third-order valence-corrected chi connectivity index (χ3v) is 5.36. The van der Waals surface area contributed by atoms with Crippen LogP contribution in [0.25, 0.3) is 33.1 Å². The highest BCUT2D eigenvalue weighted by Crippen LogP contribution is 2.33. The van der Waals surface area contributed by atoms with Crippen LogP contribution in [0.15, 0.2) is 79.5 Å². The third kappa shape index (κ3) is 3.21. The van der Waals surface area contributed by atoms with E-state index in [-0.39, 0.29) is 6.04 Å². The zero-order chi connectivity index (χ0) is 19.8. The molecule has 5 nitrogen and oxygen atoms in total. The number of pyridine rings is 1. The van der Waals surface area contributed by atoms with Crippen molar-refractivity contribution in [2.75, 3.05) is 5.32 Å². The second-order valence-corrected chi connectivity index (χ2v) is 7.29. The largest absolute Gasteiger partial charge is 0.378 e. The fourth-order valence-electron chi connectivity index (χ4n) is 3.79. The molecule has 5 aromatic rings. The van der Waals surface area contributed by atoms with Gasteiger partial charge in [0.1, 0.15) is 0 Å². The Hall–Kier alpha value is -3.73. The molecule has 0 radical (unpaired) electrons. The predicted molar refractivity (Wildman–Crippen MR) is 118 cm³/mol. The van der Waals surface area contributed by atoms with E-state index in [1.807, 2.05) is 24.5 Å². The monoisotopic (exact) mass is 379 g/mol. The van der Waals surface area contributed by atoms with Crippen molar-refractivity contribution < 1.29 is 0 Å². The number of hydrogen-bond donors (Lipinski definition) is 1. The van der Waals surface area contributed by atoms with Gasteiger partial charge in [0.15, 0.2) is 0 Å². The number of rotatable bonds is 4. The molecular weight excluding hydrogens is 358 g/mol. The topological polar surface area (TPSA) is 55.6 Å². The first-order valence-electron chi connectivity index (χ1n) is 9.66. The lowest BCUT2D eigenvalue weighted by molar-refractivity contribution is 0.881. The molecule has 3 heterocycles. The molecule has 0 bridgehead atoms. The average molecular weight is 379 g/mol. The van der Waals surface area contributed by atoms with Crippen LogP contribution in [0.5, 0.6) is 0 Å². The number of nitrogens with zero attached hydrogens (tertiary/aromatic N) is 4. The van der Waals surface area contributed by atoms with Crippen molar-refractivity contribution in [3.63, 3.8) is 0 Å². The molecule has 0 aliphatic rings. The predicted octanol–water partition coefficient (Wildman–Crippen LogP) is 5.36. The van der Waals surface area contributed by atoms with Crippen LogP contribution in [0.4, 0.5) is 5.69 Å². The molecular formula is C24H21N5. The quantitative estimate of drug-likeness (QED) is 0.457. The number of anilines is 1. The van der Waals surface area contributed by atoms with E-state index in [1.165, 1.54) is 16.5 Å². The van der Waals surface area contributed by atoms with Gasteiger partial charge in [-0.3, -0.25) is 15.0 Å². The maximum Gasteiger partial charge on any atom is 0.0966 e. The van der Waals surface area contributed by atoms with Crippen molar-refractivity contribution >= 4 is 27.6 Å². The van der Waals surface area contributed by atoms with Crippen LogP contribution in [0.3, 0.4) is 0 Å². The molecule has 0 spiro atoms. The fourth-order valence-corrected chi connectivity index (χ4v) is 3.79. The van der Waals surface area contributed by atoms with E-state index >= 15 is 0 Å². The summed E-state index contributed by atoms with van der Waals surface area (Å²) in [5, 5.41) is 4.83. The zero-order valence-electron chi connectivity index (χ0n) is 16.4. The summed E-state index contributed by atoms with van der Waals surface area (Å²) in [6, 6.07) is 17.1. The van der Waals surface area contributed by atoms with Crippen LogP contribution >= 0.6 is 0 Å². The highest BCUT2D eigenvalue weighted by atomic mass is 14.9. The Morgan fingerprint density at radius 2 is 1.72 bits per heavy atom. The third-order valence-electron chi connectivity index (χ3n) is 5.36. The van der Waals surface area contributed by atoms with Crippen LogP contribution in [-0.2, 0) is 7.05 Å². The minimum atomic E-state index is 0.148. The lowest BCUT2D eigenvalue weighted by atomic mass is 10.0. The van der Waals surface area contributed by atoms with Crippen molar-refractivity contribution in [3.8, 4) is 11.1 Å². The van der Waals surface area contributed by atoms with Crippen molar-refractivity contribution in [1.29, 1.82) is 0 Å². The minimum absolute atomic E-state index is 0.148. The molecule has 29 heavy (non-hydrogen) atoms. The van der Waals surface area contributed by atoms with Crippen molar-refractivity contribution in [3.05, 3.63) is 85.1 Å². The molecule has 5 rings (SSSR count). The zero-order valence-corrected chi connectivity index (χ0v) is 16.4. The van der Waals surface area contributed by atoms with Crippen molar-refractivity contribution in [2.45, 2.75) is 13.0 Å². The Morgan fingerprint density at radius 1 is 0.897 bits per heavy atom. The molecule has 1 atom stereocenters. The Kier molecular flexibility index (Phi) is 4.21. The molecule has 142 valence electrons. The van der Waals surface area contributed by atoms with Crippen LogP contribution in [0, 0.1) is 0 Å². The summed E-state index contributed by atoms with van der Waals surface area (Å²) in [7, 11) is 2.07. The lowest BCUT2D eigenvalue weighted by Gasteiger charge is -2.17. The second kappa shape index (κ2) is 7.02. The highest BCUT2D eigenvalue weighted by Gasteiger charge is 2.12. The first kappa shape index (κ1) is 17.4. The average Bonchev–Trinajstić information content (AvgIpc) is 3.14. The molecule has 0 amide bonds. The molecule has 2 aromatic carbocycles. The molecule has 0 aliphatic carbocycles. The van der Waals surface area contributed by atoms with Crippen LogP contribution in [0.1, 0.15) is 18.5 Å². The molecule has 1 unspecified atom stereocenters. The standard InChI is InChI=1S/C24H21N5/c1-16(17-5-8-25-9-6-17)28-20-14-21(24-22(15-20)26-10-11-27-24)19-4-3-18-7-12-29(2)23(18)13-19/h3-16,28H,1-2H3. The Morgan fingerprint density at radius 3 is 2.59 bits per heavy atom. The van der Waals surface area contributed by atoms with Gasteiger partial charge in [-0.2, -0.15) is 0 Å². The lowest BCUT2D eigenvalue weighted by Crippen LogP contribution is -2.07. The van der Waals surface area contributed by atoms with E-state index in [1.54, 1.807) is 12.4 Å². The van der Waals surface area contributed by atoms with Crippen LogP contribution < -0.4 is 5.32 Å². The highest BCUT2D eigenvalue weighted by molar-refractivity contribution is 5.97. The van der Waals surface area contributed by atoms with Gasteiger partial charge in [0, 0.05) is 60.8 Å². The van der Waals surface area contributed by atoms with E-state index < -0.39 is 0 Å². The summed E-state index contributed by atoms with van der Waals surface area (Å²) in [5.41, 5.74) is 7.39. The summed E-state index contributed by atoms with van der Waals surface area (Å²) in [4.78, 5) is 13.3. The minimum Gasteiger partial charge on any atom is -0.378 e. The molecule has 0 fully saturated rings. The molecule has 0 aliphatic heterocycles.